The van der Waals surface area contributed by atoms with E-state index in [1.54, 1.807) is 6.20 Å². The highest BCUT2D eigenvalue weighted by molar-refractivity contribution is 8.08. The molecule has 0 aliphatic heterocycles. The summed E-state index contributed by atoms with van der Waals surface area (Å²) in [5.41, 5.74) is 11.8. The maximum atomic E-state index is 12.1. The van der Waals surface area contributed by atoms with E-state index in [0.717, 1.165) is 40.0 Å². The molecule has 1 amide bonds. The molecule has 172 valence electrons. The number of rotatable bonds is 11. The van der Waals surface area contributed by atoms with Crippen molar-refractivity contribution >= 4 is 34.7 Å². The number of carboxylic acids is 1. The summed E-state index contributed by atoms with van der Waals surface area (Å²) in [5.74, 6) is -1.09. The minimum atomic E-state index is -0.851. The van der Waals surface area contributed by atoms with Crippen LogP contribution in [0.25, 0.3) is 10.6 Å². The Hall–Kier alpha value is -3.32. The molecule has 0 bridgehead atoms. The van der Waals surface area contributed by atoms with Gasteiger partial charge in [-0.05, 0) is 54.5 Å². The molecule has 0 unspecified atom stereocenters. The lowest BCUT2D eigenvalue weighted by Crippen LogP contribution is -2.21. The van der Waals surface area contributed by atoms with Gasteiger partial charge in [0.25, 0.3) is 0 Å². The largest absolute Gasteiger partial charge is 0.481 e. The Balaban J connectivity index is 1.86. The van der Waals surface area contributed by atoms with Crippen LogP contribution in [0.2, 0.25) is 0 Å². The zero-order valence-electron chi connectivity index (χ0n) is 18.7. The number of allylic oxidation sites excluding steroid dienone is 3. The van der Waals surface area contributed by atoms with Crippen molar-refractivity contribution in [2.24, 2.45) is 11.7 Å². The predicted molar refractivity (Wildman–Crippen MR) is 134 cm³/mol. The summed E-state index contributed by atoms with van der Waals surface area (Å²) < 4.78 is 0. The average Bonchev–Trinajstić information content (AvgIpc) is 2.83. The number of aromatic nitrogens is 1. The van der Waals surface area contributed by atoms with Crippen LogP contribution in [0.3, 0.4) is 0 Å². The Kier molecular flexibility index (Phi) is 8.89. The summed E-state index contributed by atoms with van der Waals surface area (Å²) in [6.07, 6.45) is 8.62. The first kappa shape index (κ1) is 24.3. The maximum absolute atomic E-state index is 12.1. The fourth-order valence-corrected chi connectivity index (χ4v) is 4.85. The lowest BCUT2D eigenvalue weighted by molar-refractivity contribution is -0.140. The van der Waals surface area contributed by atoms with Gasteiger partial charge >= 0.3 is 5.97 Å². The van der Waals surface area contributed by atoms with E-state index in [4.69, 9.17) is 5.73 Å². The van der Waals surface area contributed by atoms with Crippen molar-refractivity contribution in [2.75, 3.05) is 12.3 Å². The van der Waals surface area contributed by atoms with Gasteiger partial charge in [-0.1, -0.05) is 48.6 Å². The van der Waals surface area contributed by atoms with E-state index >= 15 is 0 Å². The Bertz CT molecular complexity index is 1060. The number of hydrogen-bond acceptors (Lipinski definition) is 5. The number of carbonyl (C=O) groups is 2. The van der Waals surface area contributed by atoms with Gasteiger partial charge in [0.2, 0.25) is 6.41 Å². The zero-order valence-corrected chi connectivity index (χ0v) is 19.5. The van der Waals surface area contributed by atoms with Gasteiger partial charge in [-0.15, -0.1) is 11.8 Å². The second kappa shape index (κ2) is 12.1. The molecule has 7 heteroatoms. The number of aliphatic carboxylic acids is 1. The number of benzene rings is 1. The minimum Gasteiger partial charge on any atom is -0.481 e. The van der Waals surface area contributed by atoms with E-state index < -0.39 is 11.9 Å². The van der Waals surface area contributed by atoms with Gasteiger partial charge < -0.3 is 16.2 Å². The fourth-order valence-electron chi connectivity index (χ4n) is 3.66. The van der Waals surface area contributed by atoms with Gasteiger partial charge in [0.05, 0.1) is 17.3 Å². The van der Waals surface area contributed by atoms with Crippen molar-refractivity contribution in [2.45, 2.75) is 26.2 Å². The molecule has 0 saturated heterocycles. The second-order valence-corrected chi connectivity index (χ2v) is 8.98. The molecule has 3 rings (SSSR count). The normalized spacial score (nSPS) is 15.1. The van der Waals surface area contributed by atoms with Gasteiger partial charge in [-0.3, -0.25) is 14.6 Å². The summed E-state index contributed by atoms with van der Waals surface area (Å²) in [4.78, 5) is 28.1. The van der Waals surface area contributed by atoms with Gasteiger partial charge in [-0.25, -0.2) is 0 Å². The molecule has 1 aromatic heterocycles. The van der Waals surface area contributed by atoms with Crippen molar-refractivity contribution in [1.82, 2.24) is 10.3 Å². The summed E-state index contributed by atoms with van der Waals surface area (Å²) in [6, 6.07) is 13.6. The number of carbonyl (C=O) groups excluding carboxylic acids is 1. The van der Waals surface area contributed by atoms with Crippen LogP contribution < -0.4 is 11.1 Å². The van der Waals surface area contributed by atoms with Crippen LogP contribution in [0.15, 0.2) is 72.0 Å². The van der Waals surface area contributed by atoms with E-state index in [1.807, 2.05) is 55.5 Å². The Morgan fingerprint density at radius 1 is 1.27 bits per heavy atom. The van der Waals surface area contributed by atoms with Gasteiger partial charge in [0, 0.05) is 23.4 Å². The SMILES string of the molecule is Cc1ccc(/C(N)=C(/SC[C@@H](CC2=C(CNC=O)CCC=C2)C(=O)O)c2ccccc2)nc1. The number of nitrogens with zero attached hydrogens (tertiary/aromatic N) is 1. The van der Waals surface area contributed by atoms with Crippen LogP contribution in [0.4, 0.5) is 0 Å². The monoisotopic (exact) mass is 463 g/mol. The van der Waals surface area contributed by atoms with E-state index in [0.29, 0.717) is 36.5 Å². The molecule has 4 N–H and O–H groups in total. The van der Waals surface area contributed by atoms with Crippen LogP contribution in [0, 0.1) is 12.8 Å². The first-order chi connectivity index (χ1) is 16.0. The molecule has 0 radical (unpaired) electrons. The Labute approximate surface area is 198 Å². The molecule has 1 heterocycles. The van der Waals surface area contributed by atoms with Crippen molar-refractivity contribution < 1.29 is 14.7 Å². The average molecular weight is 464 g/mol. The molecule has 33 heavy (non-hydrogen) atoms. The third-order valence-corrected chi connectivity index (χ3v) is 6.81. The third kappa shape index (κ3) is 6.83. The number of pyridine rings is 1. The van der Waals surface area contributed by atoms with Gasteiger partial charge in [-0.2, -0.15) is 0 Å². The minimum absolute atomic E-state index is 0.359. The van der Waals surface area contributed by atoms with E-state index in [2.05, 4.69) is 16.4 Å². The standard InChI is InChI=1S/C26H29N3O3S/c1-18-11-12-23(29-14-18)24(27)25(19-7-3-2-4-8-19)33-16-22(26(31)32)13-20-9-5-6-10-21(20)15-28-17-30/h2-5,7-9,11-12,14,17,22H,6,10,13,15-16,27H2,1H3,(H,28,30)(H,31,32)/b25-24-/t22-/m1/s1. The number of thioether (sulfide) groups is 1. The van der Waals surface area contributed by atoms with Crippen molar-refractivity contribution in [3.8, 4) is 0 Å². The molecule has 0 saturated carbocycles. The molecular weight excluding hydrogens is 434 g/mol. The summed E-state index contributed by atoms with van der Waals surface area (Å²) >= 11 is 1.44. The molecule has 0 fully saturated rings. The summed E-state index contributed by atoms with van der Waals surface area (Å²) in [5, 5.41) is 12.6. The summed E-state index contributed by atoms with van der Waals surface area (Å²) in [7, 11) is 0. The first-order valence-corrected chi connectivity index (χ1v) is 11.9. The van der Waals surface area contributed by atoms with E-state index in [9.17, 15) is 14.7 Å². The highest BCUT2D eigenvalue weighted by atomic mass is 32.2. The predicted octanol–water partition coefficient (Wildman–Crippen LogP) is 4.39. The Morgan fingerprint density at radius 2 is 2.06 bits per heavy atom. The summed E-state index contributed by atoms with van der Waals surface area (Å²) in [6.45, 7) is 2.41. The molecule has 6 nitrogen and oxygen atoms in total. The van der Waals surface area contributed by atoms with E-state index in [1.165, 1.54) is 11.8 Å². The van der Waals surface area contributed by atoms with Gasteiger partial charge in [0.1, 0.15) is 0 Å². The van der Waals surface area contributed by atoms with Gasteiger partial charge in [0.15, 0.2) is 0 Å². The zero-order chi connectivity index (χ0) is 23.6. The van der Waals surface area contributed by atoms with Crippen LogP contribution in [0.5, 0.6) is 0 Å². The number of aryl methyl sites for hydroxylation is 1. The van der Waals surface area contributed by atoms with Crippen LogP contribution >= 0.6 is 11.8 Å². The van der Waals surface area contributed by atoms with Crippen LogP contribution in [-0.4, -0.2) is 34.8 Å². The fraction of sp³-hybridized carbons (Fsp3) is 0.269. The molecule has 2 aromatic rings. The number of nitrogens with one attached hydrogen (secondary N) is 1. The number of amides is 1. The smallest absolute Gasteiger partial charge is 0.307 e. The van der Waals surface area contributed by atoms with E-state index in [-0.39, 0.29) is 0 Å². The van der Waals surface area contributed by atoms with Crippen LogP contribution in [-0.2, 0) is 9.59 Å². The van der Waals surface area contributed by atoms with Crippen molar-refractivity contribution in [1.29, 1.82) is 0 Å². The number of carboxylic acid groups (broad SMARTS) is 1. The molecule has 0 spiro atoms. The second-order valence-electron chi connectivity index (χ2n) is 7.95. The number of nitrogens with two attached hydrogens (primary N) is 1. The van der Waals surface area contributed by atoms with Crippen molar-refractivity contribution in [3.05, 3.63) is 88.8 Å². The third-order valence-electron chi connectivity index (χ3n) is 5.50. The first-order valence-electron chi connectivity index (χ1n) is 10.9. The molecule has 1 atom stereocenters. The lowest BCUT2D eigenvalue weighted by atomic mass is 9.91. The van der Waals surface area contributed by atoms with Crippen molar-refractivity contribution in [3.63, 3.8) is 0 Å². The number of hydrogen-bond donors (Lipinski definition) is 3. The quantitative estimate of drug-likeness (QED) is 0.427. The maximum Gasteiger partial charge on any atom is 0.307 e. The molecule has 1 aliphatic carbocycles. The highest BCUT2D eigenvalue weighted by Gasteiger charge is 2.23. The molecular formula is C26H29N3O3S. The molecule has 1 aliphatic rings. The van der Waals surface area contributed by atoms with Crippen LogP contribution in [0.1, 0.15) is 36.1 Å². The topological polar surface area (TPSA) is 105 Å². The molecule has 1 aromatic carbocycles. The highest BCUT2D eigenvalue weighted by Crippen LogP contribution is 2.35. The Morgan fingerprint density at radius 3 is 2.73 bits per heavy atom. The lowest BCUT2D eigenvalue weighted by Gasteiger charge is -2.20.